The number of methoxy groups -OCH3 is 2. The molecule has 0 saturated carbocycles. The van der Waals surface area contributed by atoms with Crippen LogP contribution in [0.5, 0.6) is 11.5 Å². The van der Waals surface area contributed by atoms with Crippen LogP contribution in [0, 0.1) is 6.92 Å². The molecule has 2 aromatic heterocycles. The molecule has 3 rings (SSSR count). The molecule has 0 aliphatic carbocycles. The second-order valence-corrected chi connectivity index (χ2v) is 5.31. The van der Waals surface area contributed by atoms with E-state index in [-0.39, 0.29) is 0 Å². The maximum Gasteiger partial charge on any atom is 0.137 e. The molecule has 1 aromatic carbocycles. The molecule has 22 heavy (non-hydrogen) atoms. The van der Waals surface area contributed by atoms with E-state index in [1.807, 2.05) is 47.9 Å². The van der Waals surface area contributed by atoms with Gasteiger partial charge in [0.1, 0.15) is 17.1 Å². The van der Waals surface area contributed by atoms with Crippen LogP contribution in [0.1, 0.15) is 11.3 Å². The van der Waals surface area contributed by atoms with Crippen molar-refractivity contribution < 1.29 is 9.47 Å². The van der Waals surface area contributed by atoms with Crippen molar-refractivity contribution in [1.82, 2.24) is 9.38 Å². The SMILES string of the molecule is COc1ccc(OC)c(-c2nc3cc(C)ccn3c2CCl)c1. The molecule has 0 spiro atoms. The van der Waals surface area contributed by atoms with Gasteiger partial charge in [0.05, 0.1) is 31.5 Å². The van der Waals surface area contributed by atoms with E-state index >= 15 is 0 Å². The standard InChI is InChI=1S/C17H17ClN2O2/c1-11-6-7-20-14(10-18)17(19-16(20)8-11)13-9-12(21-2)4-5-15(13)22-3/h4-9H,10H2,1-3H3. The Labute approximate surface area is 134 Å². The average Bonchev–Trinajstić information content (AvgIpc) is 2.91. The summed E-state index contributed by atoms with van der Waals surface area (Å²) in [6, 6.07) is 9.73. The number of rotatable bonds is 4. The summed E-state index contributed by atoms with van der Waals surface area (Å²) in [6.07, 6.45) is 1.99. The van der Waals surface area contributed by atoms with E-state index < -0.39 is 0 Å². The lowest BCUT2D eigenvalue weighted by atomic mass is 10.1. The number of fused-ring (bicyclic) bond motifs is 1. The molecule has 0 aliphatic rings. The van der Waals surface area contributed by atoms with Gasteiger partial charge in [-0.1, -0.05) is 0 Å². The van der Waals surface area contributed by atoms with Crippen LogP contribution in [-0.2, 0) is 5.88 Å². The number of pyridine rings is 1. The molecule has 5 heteroatoms. The number of aryl methyl sites for hydroxylation is 1. The van der Waals surface area contributed by atoms with Gasteiger partial charge in [-0.3, -0.25) is 0 Å². The minimum absolute atomic E-state index is 0.361. The van der Waals surface area contributed by atoms with Gasteiger partial charge in [-0.05, 0) is 42.8 Å². The highest BCUT2D eigenvalue weighted by atomic mass is 35.5. The third-order valence-corrected chi connectivity index (χ3v) is 3.92. The topological polar surface area (TPSA) is 35.8 Å². The molecule has 0 aliphatic heterocycles. The first-order valence-electron chi connectivity index (χ1n) is 6.94. The van der Waals surface area contributed by atoms with Crippen LogP contribution < -0.4 is 9.47 Å². The molecule has 0 bridgehead atoms. The zero-order valence-electron chi connectivity index (χ0n) is 12.8. The van der Waals surface area contributed by atoms with E-state index in [1.54, 1.807) is 14.2 Å². The van der Waals surface area contributed by atoms with Gasteiger partial charge >= 0.3 is 0 Å². The third-order valence-electron chi connectivity index (χ3n) is 3.67. The lowest BCUT2D eigenvalue weighted by molar-refractivity contribution is 0.404. The molecule has 114 valence electrons. The molecule has 0 unspecified atom stereocenters. The van der Waals surface area contributed by atoms with Crippen molar-refractivity contribution in [2.45, 2.75) is 12.8 Å². The zero-order chi connectivity index (χ0) is 15.7. The van der Waals surface area contributed by atoms with Gasteiger partial charge < -0.3 is 13.9 Å². The van der Waals surface area contributed by atoms with Gasteiger partial charge in [-0.15, -0.1) is 11.6 Å². The summed E-state index contributed by atoms with van der Waals surface area (Å²) >= 11 is 6.18. The molecular formula is C17H17ClN2O2. The van der Waals surface area contributed by atoms with Crippen LogP contribution in [0.2, 0.25) is 0 Å². The first-order chi connectivity index (χ1) is 10.7. The number of imidazole rings is 1. The Morgan fingerprint density at radius 1 is 1.14 bits per heavy atom. The maximum atomic E-state index is 6.18. The molecule has 0 fully saturated rings. The highest BCUT2D eigenvalue weighted by Crippen LogP contribution is 2.35. The molecule has 2 heterocycles. The van der Waals surface area contributed by atoms with Crippen LogP contribution >= 0.6 is 11.6 Å². The smallest absolute Gasteiger partial charge is 0.137 e. The molecule has 0 radical (unpaired) electrons. The third kappa shape index (κ3) is 2.40. The van der Waals surface area contributed by atoms with Crippen LogP contribution in [0.4, 0.5) is 0 Å². The summed E-state index contributed by atoms with van der Waals surface area (Å²) in [5.41, 5.74) is 4.65. The Kier molecular flexibility index (Phi) is 3.94. The second kappa shape index (κ2) is 5.89. The fourth-order valence-corrected chi connectivity index (χ4v) is 2.80. The fraction of sp³-hybridized carbons (Fsp3) is 0.235. The molecule has 0 atom stereocenters. The van der Waals surface area contributed by atoms with Crippen molar-refractivity contribution in [3.05, 3.63) is 47.8 Å². The monoisotopic (exact) mass is 316 g/mol. The number of hydrogen-bond donors (Lipinski definition) is 0. The van der Waals surface area contributed by atoms with Gasteiger partial charge in [-0.2, -0.15) is 0 Å². The Bertz CT molecular complexity index is 827. The van der Waals surface area contributed by atoms with Crippen molar-refractivity contribution in [2.24, 2.45) is 0 Å². The van der Waals surface area contributed by atoms with Crippen molar-refractivity contribution in [3.8, 4) is 22.8 Å². The summed E-state index contributed by atoms with van der Waals surface area (Å²) in [4.78, 5) is 4.74. The highest BCUT2D eigenvalue weighted by molar-refractivity contribution is 6.17. The van der Waals surface area contributed by atoms with Gasteiger partial charge in [0.25, 0.3) is 0 Å². The number of ether oxygens (including phenoxy) is 2. The van der Waals surface area contributed by atoms with Gasteiger partial charge in [-0.25, -0.2) is 4.98 Å². The molecule has 4 nitrogen and oxygen atoms in total. The Balaban J connectivity index is 2.29. The first kappa shape index (κ1) is 14.7. The average molecular weight is 317 g/mol. The van der Waals surface area contributed by atoms with E-state index in [9.17, 15) is 0 Å². The summed E-state index contributed by atoms with van der Waals surface area (Å²) < 4.78 is 12.8. The Hall–Kier alpha value is -2.20. The van der Waals surface area contributed by atoms with Crippen molar-refractivity contribution in [2.75, 3.05) is 14.2 Å². The first-order valence-corrected chi connectivity index (χ1v) is 7.47. The molecule has 0 amide bonds. The lowest BCUT2D eigenvalue weighted by Gasteiger charge is -2.10. The number of alkyl halides is 1. The van der Waals surface area contributed by atoms with E-state index in [1.165, 1.54) is 0 Å². The number of aromatic nitrogens is 2. The number of benzene rings is 1. The summed E-state index contributed by atoms with van der Waals surface area (Å²) in [5, 5.41) is 0. The van der Waals surface area contributed by atoms with Crippen LogP contribution in [0.25, 0.3) is 16.9 Å². The zero-order valence-corrected chi connectivity index (χ0v) is 13.5. The van der Waals surface area contributed by atoms with Gasteiger partial charge in [0.2, 0.25) is 0 Å². The predicted molar refractivity (Wildman–Crippen MR) is 88.0 cm³/mol. The van der Waals surface area contributed by atoms with Crippen molar-refractivity contribution in [3.63, 3.8) is 0 Å². The van der Waals surface area contributed by atoms with Gasteiger partial charge in [0, 0.05) is 11.8 Å². The normalized spacial score (nSPS) is 10.9. The lowest BCUT2D eigenvalue weighted by Crippen LogP contribution is -1.94. The summed E-state index contributed by atoms with van der Waals surface area (Å²) in [6.45, 7) is 2.04. The van der Waals surface area contributed by atoms with Gasteiger partial charge in [0.15, 0.2) is 0 Å². The highest BCUT2D eigenvalue weighted by Gasteiger charge is 2.17. The maximum absolute atomic E-state index is 6.18. The Morgan fingerprint density at radius 2 is 1.95 bits per heavy atom. The second-order valence-electron chi connectivity index (χ2n) is 5.04. The number of hydrogen-bond acceptors (Lipinski definition) is 3. The van der Waals surface area contributed by atoms with Crippen molar-refractivity contribution in [1.29, 1.82) is 0 Å². The largest absolute Gasteiger partial charge is 0.497 e. The molecule has 0 saturated heterocycles. The number of halogens is 1. The molecule has 0 N–H and O–H groups in total. The molecule has 3 aromatic rings. The van der Waals surface area contributed by atoms with E-state index in [4.69, 9.17) is 26.1 Å². The molecular weight excluding hydrogens is 300 g/mol. The Morgan fingerprint density at radius 3 is 2.64 bits per heavy atom. The van der Waals surface area contributed by atoms with E-state index in [0.717, 1.165) is 39.7 Å². The quantitative estimate of drug-likeness (QED) is 0.681. The number of nitrogens with zero attached hydrogens (tertiary/aromatic N) is 2. The summed E-state index contributed by atoms with van der Waals surface area (Å²) in [7, 11) is 3.28. The van der Waals surface area contributed by atoms with Crippen LogP contribution in [0.3, 0.4) is 0 Å². The van der Waals surface area contributed by atoms with E-state index in [2.05, 4.69) is 0 Å². The predicted octanol–water partition coefficient (Wildman–Crippen LogP) is 4.07. The fourth-order valence-electron chi connectivity index (χ4n) is 2.54. The minimum atomic E-state index is 0.361. The van der Waals surface area contributed by atoms with Crippen LogP contribution in [0.15, 0.2) is 36.5 Å². The summed E-state index contributed by atoms with van der Waals surface area (Å²) in [5.74, 6) is 1.86. The van der Waals surface area contributed by atoms with E-state index in [0.29, 0.717) is 5.88 Å². The minimum Gasteiger partial charge on any atom is -0.497 e. The van der Waals surface area contributed by atoms with Crippen molar-refractivity contribution >= 4 is 17.2 Å². The van der Waals surface area contributed by atoms with Crippen LogP contribution in [-0.4, -0.2) is 23.6 Å².